The van der Waals surface area contributed by atoms with Crippen LogP contribution < -0.4 is 14.8 Å². The number of amides is 2. The first kappa shape index (κ1) is 20.0. The van der Waals surface area contributed by atoms with Gasteiger partial charge in [0.2, 0.25) is 17.7 Å². The number of pyridine rings is 1. The molecule has 1 aromatic heterocycles. The Labute approximate surface area is 153 Å². The standard InChI is InChI=1S/C18H27N3O5/c1-25-16-6-5-14(17(20-16)26-2)18(24)21-10-3-4-13(12-22)7-9-19-15(23)8-11-21/h5-6,13,22H,3-4,7-12H2,1-2H3,(H,19,23). The van der Waals surface area contributed by atoms with Crippen LogP contribution in [-0.2, 0) is 4.79 Å². The van der Waals surface area contributed by atoms with Crippen molar-refractivity contribution in [3.05, 3.63) is 17.7 Å². The van der Waals surface area contributed by atoms with E-state index in [0.717, 1.165) is 19.3 Å². The van der Waals surface area contributed by atoms with E-state index in [1.54, 1.807) is 17.0 Å². The summed E-state index contributed by atoms with van der Waals surface area (Å²) in [6.45, 7) is 1.47. The van der Waals surface area contributed by atoms with Gasteiger partial charge in [-0.1, -0.05) is 0 Å². The molecular weight excluding hydrogens is 338 g/mol. The summed E-state index contributed by atoms with van der Waals surface area (Å²) in [5.74, 6) is 0.357. The van der Waals surface area contributed by atoms with Gasteiger partial charge in [0.1, 0.15) is 5.56 Å². The van der Waals surface area contributed by atoms with Crippen LogP contribution in [0.2, 0.25) is 0 Å². The smallest absolute Gasteiger partial charge is 0.259 e. The molecule has 2 N–H and O–H groups in total. The predicted molar refractivity (Wildman–Crippen MR) is 95.3 cm³/mol. The molecule has 1 fully saturated rings. The van der Waals surface area contributed by atoms with Crippen molar-refractivity contribution in [2.45, 2.75) is 25.7 Å². The maximum Gasteiger partial charge on any atom is 0.259 e. The van der Waals surface area contributed by atoms with Gasteiger partial charge in [0.15, 0.2) is 0 Å². The normalized spacial score (nSPS) is 19.3. The van der Waals surface area contributed by atoms with Gasteiger partial charge in [-0.3, -0.25) is 9.59 Å². The Hall–Kier alpha value is -2.35. The average molecular weight is 365 g/mol. The van der Waals surface area contributed by atoms with E-state index < -0.39 is 0 Å². The molecule has 1 unspecified atom stereocenters. The molecule has 0 radical (unpaired) electrons. The Bertz CT molecular complexity index is 623. The molecule has 1 atom stereocenters. The minimum absolute atomic E-state index is 0.0834. The molecule has 0 spiro atoms. The molecule has 2 heterocycles. The number of carbonyl (C=O) groups excluding carboxylic acids is 2. The van der Waals surface area contributed by atoms with Gasteiger partial charge >= 0.3 is 0 Å². The Balaban J connectivity index is 2.17. The number of hydrogen-bond donors (Lipinski definition) is 2. The summed E-state index contributed by atoms with van der Waals surface area (Å²) >= 11 is 0. The summed E-state index contributed by atoms with van der Waals surface area (Å²) in [5.41, 5.74) is 0.335. The van der Waals surface area contributed by atoms with E-state index >= 15 is 0 Å². The van der Waals surface area contributed by atoms with E-state index in [9.17, 15) is 14.7 Å². The second kappa shape index (κ2) is 9.96. The Morgan fingerprint density at radius 1 is 1.31 bits per heavy atom. The summed E-state index contributed by atoms with van der Waals surface area (Å²) in [6, 6.07) is 3.23. The van der Waals surface area contributed by atoms with Gasteiger partial charge in [0.25, 0.3) is 5.91 Å². The zero-order valence-corrected chi connectivity index (χ0v) is 15.4. The van der Waals surface area contributed by atoms with Gasteiger partial charge in [-0.25, -0.2) is 0 Å². The summed E-state index contributed by atoms with van der Waals surface area (Å²) < 4.78 is 10.3. The highest BCUT2D eigenvalue weighted by atomic mass is 16.5. The number of rotatable bonds is 4. The Morgan fingerprint density at radius 2 is 2.12 bits per heavy atom. The van der Waals surface area contributed by atoms with E-state index in [1.807, 2.05) is 0 Å². The van der Waals surface area contributed by atoms with Crippen molar-refractivity contribution >= 4 is 11.8 Å². The largest absolute Gasteiger partial charge is 0.481 e. The number of ether oxygens (including phenoxy) is 2. The second-order valence-corrected chi connectivity index (χ2v) is 6.28. The van der Waals surface area contributed by atoms with Crippen molar-refractivity contribution in [2.24, 2.45) is 5.92 Å². The molecule has 0 aromatic carbocycles. The van der Waals surface area contributed by atoms with E-state index in [0.29, 0.717) is 31.1 Å². The Kier molecular flexibility index (Phi) is 7.65. The van der Waals surface area contributed by atoms with E-state index in [2.05, 4.69) is 10.3 Å². The SMILES string of the molecule is COc1ccc(C(=O)N2CCCC(CO)CCNC(=O)CC2)c(OC)n1. The molecule has 0 aliphatic carbocycles. The lowest BCUT2D eigenvalue weighted by Crippen LogP contribution is -2.36. The first-order valence-corrected chi connectivity index (χ1v) is 8.85. The number of hydrogen-bond acceptors (Lipinski definition) is 6. The topological polar surface area (TPSA) is 101 Å². The summed E-state index contributed by atoms with van der Waals surface area (Å²) in [5, 5.41) is 12.3. The van der Waals surface area contributed by atoms with Crippen molar-refractivity contribution in [2.75, 3.05) is 40.5 Å². The molecule has 1 saturated heterocycles. The van der Waals surface area contributed by atoms with Gasteiger partial charge in [-0.2, -0.15) is 4.98 Å². The molecule has 1 aromatic rings. The number of carbonyl (C=O) groups is 2. The number of methoxy groups -OCH3 is 2. The third-order valence-electron chi connectivity index (χ3n) is 4.54. The zero-order chi connectivity index (χ0) is 18.9. The predicted octanol–water partition coefficient (Wildman–Crippen LogP) is 0.840. The molecule has 0 saturated carbocycles. The molecule has 0 bridgehead atoms. The first-order valence-electron chi connectivity index (χ1n) is 8.85. The van der Waals surface area contributed by atoms with Crippen LogP contribution in [0.15, 0.2) is 12.1 Å². The quantitative estimate of drug-likeness (QED) is 0.820. The fourth-order valence-corrected chi connectivity index (χ4v) is 2.98. The van der Waals surface area contributed by atoms with Gasteiger partial charge < -0.3 is 24.8 Å². The third-order valence-corrected chi connectivity index (χ3v) is 4.54. The molecule has 1 aliphatic heterocycles. The minimum atomic E-state index is -0.232. The number of aliphatic hydroxyl groups is 1. The lowest BCUT2D eigenvalue weighted by Gasteiger charge is -2.23. The molecule has 26 heavy (non-hydrogen) atoms. The molecule has 8 nitrogen and oxygen atoms in total. The van der Waals surface area contributed by atoms with Crippen molar-refractivity contribution in [1.29, 1.82) is 0 Å². The summed E-state index contributed by atoms with van der Waals surface area (Å²) in [6.07, 6.45) is 2.54. The maximum atomic E-state index is 13.0. The van der Waals surface area contributed by atoms with Gasteiger partial charge in [0.05, 0.1) is 14.2 Å². The lowest BCUT2D eigenvalue weighted by molar-refractivity contribution is -0.121. The fourth-order valence-electron chi connectivity index (χ4n) is 2.98. The molecular formula is C18H27N3O5. The number of nitrogens with zero attached hydrogens (tertiary/aromatic N) is 2. The van der Waals surface area contributed by atoms with Crippen molar-refractivity contribution in [3.8, 4) is 11.8 Å². The van der Waals surface area contributed by atoms with E-state index in [-0.39, 0.29) is 36.6 Å². The van der Waals surface area contributed by atoms with Crippen LogP contribution in [-0.4, -0.2) is 67.3 Å². The highest BCUT2D eigenvalue weighted by molar-refractivity contribution is 5.96. The van der Waals surface area contributed by atoms with Gasteiger partial charge in [-0.15, -0.1) is 0 Å². The van der Waals surface area contributed by atoms with Crippen LogP contribution in [0.1, 0.15) is 36.0 Å². The van der Waals surface area contributed by atoms with Crippen LogP contribution in [0.4, 0.5) is 0 Å². The van der Waals surface area contributed by atoms with Gasteiger partial charge in [0, 0.05) is 38.7 Å². The monoisotopic (exact) mass is 365 g/mol. The summed E-state index contributed by atoms with van der Waals surface area (Å²) in [7, 11) is 2.94. The molecule has 1 aliphatic rings. The highest BCUT2D eigenvalue weighted by Gasteiger charge is 2.23. The maximum absolute atomic E-state index is 13.0. The molecule has 2 amide bonds. The fraction of sp³-hybridized carbons (Fsp3) is 0.611. The average Bonchev–Trinajstić information content (AvgIpc) is 2.71. The lowest BCUT2D eigenvalue weighted by atomic mass is 10.0. The Morgan fingerprint density at radius 3 is 2.81 bits per heavy atom. The van der Waals surface area contributed by atoms with Crippen molar-refractivity contribution in [3.63, 3.8) is 0 Å². The van der Waals surface area contributed by atoms with Crippen LogP contribution in [0, 0.1) is 5.92 Å². The second-order valence-electron chi connectivity index (χ2n) is 6.28. The first-order chi connectivity index (χ1) is 12.6. The van der Waals surface area contributed by atoms with Crippen LogP contribution >= 0.6 is 0 Å². The number of aliphatic hydroxyl groups excluding tert-OH is 1. The third kappa shape index (κ3) is 5.32. The van der Waals surface area contributed by atoms with Crippen LogP contribution in [0.3, 0.4) is 0 Å². The van der Waals surface area contributed by atoms with Crippen molar-refractivity contribution < 1.29 is 24.2 Å². The molecule has 144 valence electrons. The van der Waals surface area contributed by atoms with Crippen molar-refractivity contribution in [1.82, 2.24) is 15.2 Å². The highest BCUT2D eigenvalue weighted by Crippen LogP contribution is 2.22. The van der Waals surface area contributed by atoms with E-state index in [4.69, 9.17) is 9.47 Å². The van der Waals surface area contributed by atoms with Crippen LogP contribution in [0.25, 0.3) is 0 Å². The molecule has 8 heteroatoms. The zero-order valence-electron chi connectivity index (χ0n) is 15.4. The minimum Gasteiger partial charge on any atom is -0.481 e. The van der Waals surface area contributed by atoms with Crippen LogP contribution in [0.5, 0.6) is 11.8 Å². The number of nitrogens with one attached hydrogen (secondary N) is 1. The van der Waals surface area contributed by atoms with Gasteiger partial charge in [-0.05, 0) is 31.2 Å². The van der Waals surface area contributed by atoms with E-state index in [1.165, 1.54) is 14.2 Å². The molecule has 2 rings (SSSR count). The summed E-state index contributed by atoms with van der Waals surface area (Å²) in [4.78, 5) is 30.7. The number of aromatic nitrogens is 1.